The zero-order valence-electron chi connectivity index (χ0n) is 10.8. The van der Waals surface area contributed by atoms with E-state index in [4.69, 9.17) is 23.2 Å². The monoisotopic (exact) mass is 273 g/mol. The van der Waals surface area contributed by atoms with Crippen LogP contribution in [0.15, 0.2) is 18.2 Å². The fraction of sp³-hybridized carbons (Fsp3) is 0.571. The highest BCUT2D eigenvalue weighted by Crippen LogP contribution is 2.23. The predicted octanol–water partition coefficient (Wildman–Crippen LogP) is 4.42. The molecule has 1 nitrogen and oxygen atoms in total. The topological polar surface area (TPSA) is 12.0 Å². The van der Waals surface area contributed by atoms with Crippen LogP contribution in [-0.4, -0.2) is 13.1 Å². The highest BCUT2D eigenvalue weighted by atomic mass is 35.5. The first-order valence-electron chi connectivity index (χ1n) is 6.13. The molecule has 0 aliphatic heterocycles. The van der Waals surface area contributed by atoms with Crippen LogP contribution < -0.4 is 5.32 Å². The minimum absolute atomic E-state index is 0.560. The first-order valence-corrected chi connectivity index (χ1v) is 6.89. The Morgan fingerprint density at radius 3 is 2.47 bits per heavy atom. The lowest BCUT2D eigenvalue weighted by Crippen LogP contribution is -2.26. The molecule has 1 N–H and O–H groups in total. The van der Waals surface area contributed by atoms with Crippen LogP contribution in [-0.2, 0) is 6.42 Å². The van der Waals surface area contributed by atoms with Gasteiger partial charge in [0.05, 0.1) is 0 Å². The Kier molecular flexibility index (Phi) is 6.32. The molecule has 0 aromatic heterocycles. The van der Waals surface area contributed by atoms with E-state index >= 15 is 0 Å². The molecule has 0 spiro atoms. The quantitative estimate of drug-likeness (QED) is 0.809. The third-order valence-corrected chi connectivity index (χ3v) is 3.23. The van der Waals surface area contributed by atoms with E-state index in [2.05, 4.69) is 26.1 Å². The normalized spacial score (nSPS) is 13.1. The van der Waals surface area contributed by atoms with Gasteiger partial charge in [0.25, 0.3) is 0 Å². The van der Waals surface area contributed by atoms with Gasteiger partial charge in [-0.25, -0.2) is 0 Å². The Hall–Kier alpha value is -0.240. The van der Waals surface area contributed by atoms with Crippen molar-refractivity contribution in [1.82, 2.24) is 5.32 Å². The number of nitrogens with one attached hydrogen (secondary N) is 1. The predicted molar refractivity (Wildman–Crippen MR) is 77.0 cm³/mol. The summed E-state index contributed by atoms with van der Waals surface area (Å²) in [6.45, 7) is 8.73. The van der Waals surface area contributed by atoms with Gasteiger partial charge in [0.1, 0.15) is 0 Å². The highest BCUT2D eigenvalue weighted by molar-refractivity contribution is 6.33. The molecule has 0 saturated carbocycles. The molecule has 1 unspecified atom stereocenters. The minimum Gasteiger partial charge on any atom is -0.316 e. The number of hydrogen-bond acceptors (Lipinski definition) is 1. The van der Waals surface area contributed by atoms with Crippen molar-refractivity contribution in [3.05, 3.63) is 33.8 Å². The van der Waals surface area contributed by atoms with Crippen molar-refractivity contribution in [3.8, 4) is 0 Å². The van der Waals surface area contributed by atoms with Gasteiger partial charge in [-0.1, -0.05) is 44.0 Å². The first kappa shape index (κ1) is 14.8. The molecule has 0 bridgehead atoms. The standard InChI is InChI=1S/C14H21Cl2N/c1-10(2)8-17-9-11(3)6-12-7-13(15)4-5-14(12)16/h4-5,7,10-11,17H,6,8-9H2,1-3H3. The molecule has 96 valence electrons. The lowest BCUT2D eigenvalue weighted by atomic mass is 10.0. The van der Waals surface area contributed by atoms with Crippen LogP contribution in [0.4, 0.5) is 0 Å². The van der Waals surface area contributed by atoms with E-state index in [0.717, 1.165) is 35.1 Å². The van der Waals surface area contributed by atoms with E-state index in [1.165, 1.54) is 0 Å². The van der Waals surface area contributed by atoms with Crippen molar-refractivity contribution in [2.45, 2.75) is 27.2 Å². The highest BCUT2D eigenvalue weighted by Gasteiger charge is 2.07. The molecular formula is C14H21Cl2N. The summed E-state index contributed by atoms with van der Waals surface area (Å²) in [5.74, 6) is 1.25. The Balaban J connectivity index is 2.44. The summed E-state index contributed by atoms with van der Waals surface area (Å²) >= 11 is 12.1. The first-order chi connectivity index (χ1) is 7.99. The molecule has 0 radical (unpaired) electrons. The molecule has 0 saturated heterocycles. The Morgan fingerprint density at radius 2 is 1.82 bits per heavy atom. The van der Waals surface area contributed by atoms with Gasteiger partial charge in [0.2, 0.25) is 0 Å². The summed E-state index contributed by atoms with van der Waals surface area (Å²) in [4.78, 5) is 0. The Labute approximate surface area is 115 Å². The summed E-state index contributed by atoms with van der Waals surface area (Å²) in [6, 6.07) is 5.66. The second-order valence-electron chi connectivity index (χ2n) is 5.10. The molecule has 0 aliphatic rings. The third-order valence-electron chi connectivity index (χ3n) is 2.62. The van der Waals surface area contributed by atoms with Gasteiger partial charge in [-0.05, 0) is 55.1 Å². The van der Waals surface area contributed by atoms with Crippen LogP contribution in [0.3, 0.4) is 0 Å². The van der Waals surface area contributed by atoms with Crippen LogP contribution in [0, 0.1) is 11.8 Å². The third kappa shape index (κ3) is 5.76. The summed E-state index contributed by atoms with van der Waals surface area (Å²) < 4.78 is 0. The molecule has 17 heavy (non-hydrogen) atoms. The van der Waals surface area contributed by atoms with Crippen molar-refractivity contribution < 1.29 is 0 Å². The zero-order chi connectivity index (χ0) is 12.8. The molecule has 1 aromatic rings. The van der Waals surface area contributed by atoms with E-state index < -0.39 is 0 Å². The van der Waals surface area contributed by atoms with E-state index in [-0.39, 0.29) is 0 Å². The van der Waals surface area contributed by atoms with Gasteiger partial charge in [0.15, 0.2) is 0 Å². The van der Waals surface area contributed by atoms with Crippen molar-refractivity contribution in [2.24, 2.45) is 11.8 Å². The molecule has 1 aromatic carbocycles. The van der Waals surface area contributed by atoms with Crippen LogP contribution in [0.5, 0.6) is 0 Å². The molecule has 0 heterocycles. The van der Waals surface area contributed by atoms with E-state index in [1.807, 2.05) is 18.2 Å². The van der Waals surface area contributed by atoms with Crippen molar-refractivity contribution in [2.75, 3.05) is 13.1 Å². The molecule has 0 aliphatic carbocycles. The number of rotatable bonds is 6. The van der Waals surface area contributed by atoms with Crippen LogP contribution in [0.1, 0.15) is 26.3 Å². The van der Waals surface area contributed by atoms with Gasteiger partial charge >= 0.3 is 0 Å². The minimum atomic E-state index is 0.560. The van der Waals surface area contributed by atoms with E-state index in [9.17, 15) is 0 Å². The smallest absolute Gasteiger partial charge is 0.0439 e. The van der Waals surface area contributed by atoms with Crippen LogP contribution >= 0.6 is 23.2 Å². The van der Waals surface area contributed by atoms with Crippen molar-refractivity contribution >= 4 is 23.2 Å². The summed E-state index contributed by atoms with van der Waals surface area (Å²) in [6.07, 6.45) is 0.963. The van der Waals surface area contributed by atoms with E-state index in [0.29, 0.717) is 11.8 Å². The summed E-state index contributed by atoms with van der Waals surface area (Å²) in [7, 11) is 0. The fourth-order valence-corrected chi connectivity index (χ4v) is 2.16. The molecule has 0 amide bonds. The number of hydrogen-bond donors (Lipinski definition) is 1. The SMILES string of the molecule is CC(C)CNCC(C)Cc1cc(Cl)ccc1Cl. The Bertz CT molecular complexity index is 350. The lowest BCUT2D eigenvalue weighted by molar-refractivity contribution is 0.473. The summed E-state index contributed by atoms with van der Waals surface area (Å²) in [5, 5.41) is 5.03. The van der Waals surface area contributed by atoms with Gasteiger partial charge in [0, 0.05) is 10.0 Å². The molecule has 0 fully saturated rings. The molecule has 3 heteroatoms. The second kappa shape index (κ2) is 7.25. The van der Waals surface area contributed by atoms with Crippen LogP contribution in [0.2, 0.25) is 10.0 Å². The molecule has 1 rings (SSSR count). The van der Waals surface area contributed by atoms with E-state index in [1.54, 1.807) is 0 Å². The van der Waals surface area contributed by atoms with Gasteiger partial charge in [-0.15, -0.1) is 0 Å². The van der Waals surface area contributed by atoms with Crippen molar-refractivity contribution in [3.63, 3.8) is 0 Å². The average Bonchev–Trinajstić information content (AvgIpc) is 2.23. The maximum atomic E-state index is 6.15. The number of halogens is 2. The van der Waals surface area contributed by atoms with Gasteiger partial charge < -0.3 is 5.32 Å². The number of benzene rings is 1. The second-order valence-corrected chi connectivity index (χ2v) is 5.94. The van der Waals surface area contributed by atoms with Gasteiger partial charge in [-0.2, -0.15) is 0 Å². The Morgan fingerprint density at radius 1 is 1.12 bits per heavy atom. The summed E-state index contributed by atoms with van der Waals surface area (Å²) in [5.41, 5.74) is 1.14. The van der Waals surface area contributed by atoms with Crippen LogP contribution in [0.25, 0.3) is 0 Å². The average molecular weight is 274 g/mol. The molecular weight excluding hydrogens is 253 g/mol. The lowest BCUT2D eigenvalue weighted by Gasteiger charge is -2.15. The van der Waals surface area contributed by atoms with Crippen molar-refractivity contribution in [1.29, 1.82) is 0 Å². The maximum Gasteiger partial charge on any atom is 0.0439 e. The largest absolute Gasteiger partial charge is 0.316 e. The van der Waals surface area contributed by atoms with Gasteiger partial charge in [-0.3, -0.25) is 0 Å². The fourth-order valence-electron chi connectivity index (χ4n) is 1.77. The zero-order valence-corrected chi connectivity index (χ0v) is 12.3. The maximum absolute atomic E-state index is 6.15. The molecule has 1 atom stereocenters.